The van der Waals surface area contributed by atoms with Gasteiger partial charge < -0.3 is 19.5 Å². The van der Waals surface area contributed by atoms with Gasteiger partial charge in [-0.15, -0.1) is 0 Å². The van der Waals surface area contributed by atoms with Gasteiger partial charge in [0.05, 0.1) is 19.3 Å². The minimum Gasteiger partial charge on any atom is -0.490 e. The molecule has 0 bridgehead atoms. The summed E-state index contributed by atoms with van der Waals surface area (Å²) in [6, 6.07) is 13.2. The molecule has 1 aliphatic rings. The average molecular weight is 435 g/mol. The molecule has 3 aromatic rings. The Bertz CT molecular complexity index is 1150. The molecule has 32 heavy (non-hydrogen) atoms. The Kier molecular flexibility index (Phi) is 6.07. The summed E-state index contributed by atoms with van der Waals surface area (Å²) < 4.78 is 18.5. The molecule has 1 aromatic heterocycles. The van der Waals surface area contributed by atoms with Crippen LogP contribution in [-0.2, 0) is 16.1 Å². The number of aryl methyl sites for hydroxylation is 1. The van der Waals surface area contributed by atoms with E-state index in [2.05, 4.69) is 33.0 Å². The summed E-state index contributed by atoms with van der Waals surface area (Å²) in [5.74, 6) is 1.17. The van der Waals surface area contributed by atoms with Gasteiger partial charge in [0.15, 0.2) is 11.5 Å². The summed E-state index contributed by atoms with van der Waals surface area (Å²) in [6.45, 7) is 6.62. The van der Waals surface area contributed by atoms with Gasteiger partial charge in [0, 0.05) is 5.70 Å². The van der Waals surface area contributed by atoms with Crippen molar-refractivity contribution >= 4 is 11.9 Å². The van der Waals surface area contributed by atoms with Gasteiger partial charge in [0.1, 0.15) is 12.6 Å². The van der Waals surface area contributed by atoms with E-state index in [1.54, 1.807) is 11.6 Å². The number of benzene rings is 2. The maximum Gasteiger partial charge on any atom is 0.338 e. The molecule has 1 aliphatic heterocycles. The van der Waals surface area contributed by atoms with Crippen molar-refractivity contribution < 1.29 is 19.0 Å². The maximum absolute atomic E-state index is 12.6. The van der Waals surface area contributed by atoms with E-state index in [1.807, 2.05) is 44.2 Å². The van der Waals surface area contributed by atoms with E-state index < -0.39 is 12.0 Å². The van der Waals surface area contributed by atoms with Crippen LogP contribution in [0.3, 0.4) is 0 Å². The topological polar surface area (TPSA) is 100 Å². The molecule has 0 saturated carbocycles. The Balaban J connectivity index is 1.69. The SMILES string of the molecule is CCOc1cc(C2C(C(=O)OC)=C(C)Nc3nnnn32)ccc1OCc1ccc(C)cc1. The molecule has 0 fully saturated rings. The first kappa shape index (κ1) is 21.4. The number of aromatic nitrogens is 4. The fraction of sp³-hybridized carbons (Fsp3) is 0.304. The molecule has 9 nitrogen and oxygen atoms in total. The zero-order valence-corrected chi connectivity index (χ0v) is 18.5. The first-order chi connectivity index (χ1) is 15.5. The molecule has 0 spiro atoms. The lowest BCUT2D eigenvalue weighted by atomic mass is 9.95. The third kappa shape index (κ3) is 4.14. The molecule has 0 saturated heterocycles. The second kappa shape index (κ2) is 9.09. The summed E-state index contributed by atoms with van der Waals surface area (Å²) in [4.78, 5) is 12.6. The van der Waals surface area contributed by atoms with Crippen molar-refractivity contribution in [3.63, 3.8) is 0 Å². The van der Waals surface area contributed by atoms with Crippen LogP contribution in [0, 0.1) is 6.92 Å². The molecule has 0 radical (unpaired) electrons. The number of carbonyl (C=O) groups excluding carboxylic acids is 1. The van der Waals surface area contributed by atoms with Crippen LogP contribution in [0.1, 0.15) is 36.6 Å². The average Bonchev–Trinajstić information content (AvgIpc) is 3.26. The Hall–Kier alpha value is -3.88. The highest BCUT2D eigenvalue weighted by Crippen LogP contribution is 2.38. The molecule has 0 aliphatic carbocycles. The van der Waals surface area contributed by atoms with Crippen molar-refractivity contribution in [2.45, 2.75) is 33.4 Å². The van der Waals surface area contributed by atoms with E-state index in [1.165, 1.54) is 12.7 Å². The Morgan fingerprint density at radius 2 is 1.88 bits per heavy atom. The lowest BCUT2D eigenvalue weighted by molar-refractivity contribution is -0.136. The van der Waals surface area contributed by atoms with Gasteiger partial charge in [-0.25, -0.2) is 4.79 Å². The Labute approximate surface area is 186 Å². The van der Waals surface area contributed by atoms with Crippen molar-refractivity contribution in [2.24, 2.45) is 0 Å². The van der Waals surface area contributed by atoms with Crippen LogP contribution in [0.15, 0.2) is 53.7 Å². The number of anilines is 1. The van der Waals surface area contributed by atoms with Crippen LogP contribution >= 0.6 is 0 Å². The van der Waals surface area contributed by atoms with Crippen molar-refractivity contribution in [1.29, 1.82) is 0 Å². The number of rotatable bonds is 7. The van der Waals surface area contributed by atoms with Gasteiger partial charge in [-0.2, -0.15) is 4.68 Å². The third-order valence-corrected chi connectivity index (χ3v) is 5.22. The second-order valence-corrected chi connectivity index (χ2v) is 7.42. The van der Waals surface area contributed by atoms with Crippen LogP contribution in [-0.4, -0.2) is 39.9 Å². The highest BCUT2D eigenvalue weighted by Gasteiger charge is 2.35. The summed E-state index contributed by atoms with van der Waals surface area (Å²) in [6.07, 6.45) is 0. The highest BCUT2D eigenvalue weighted by atomic mass is 16.5. The summed E-state index contributed by atoms with van der Waals surface area (Å²) >= 11 is 0. The van der Waals surface area contributed by atoms with Gasteiger partial charge in [0.2, 0.25) is 5.95 Å². The highest BCUT2D eigenvalue weighted by molar-refractivity contribution is 5.92. The van der Waals surface area contributed by atoms with E-state index in [-0.39, 0.29) is 0 Å². The number of allylic oxidation sites excluding steroid dienone is 1. The van der Waals surface area contributed by atoms with Crippen molar-refractivity contribution in [1.82, 2.24) is 20.2 Å². The molecule has 9 heteroatoms. The van der Waals surface area contributed by atoms with E-state index in [0.717, 1.165) is 11.1 Å². The fourth-order valence-corrected chi connectivity index (χ4v) is 3.62. The molecule has 2 heterocycles. The predicted molar refractivity (Wildman–Crippen MR) is 117 cm³/mol. The van der Waals surface area contributed by atoms with Crippen molar-refractivity contribution in [3.8, 4) is 11.5 Å². The van der Waals surface area contributed by atoms with Gasteiger partial charge >= 0.3 is 5.97 Å². The number of methoxy groups -OCH3 is 1. The molecule has 1 unspecified atom stereocenters. The number of esters is 1. The van der Waals surface area contributed by atoms with E-state index in [9.17, 15) is 4.79 Å². The largest absolute Gasteiger partial charge is 0.490 e. The van der Waals surface area contributed by atoms with Gasteiger partial charge in [-0.3, -0.25) is 0 Å². The van der Waals surface area contributed by atoms with Crippen molar-refractivity contribution in [3.05, 3.63) is 70.4 Å². The van der Waals surface area contributed by atoms with Gasteiger partial charge in [-0.1, -0.05) is 41.0 Å². The molecule has 166 valence electrons. The zero-order valence-electron chi connectivity index (χ0n) is 18.5. The number of fused-ring (bicyclic) bond motifs is 1. The van der Waals surface area contributed by atoms with E-state index >= 15 is 0 Å². The fourth-order valence-electron chi connectivity index (χ4n) is 3.62. The second-order valence-electron chi connectivity index (χ2n) is 7.42. The number of hydrogen-bond acceptors (Lipinski definition) is 8. The van der Waals surface area contributed by atoms with Crippen LogP contribution in [0.25, 0.3) is 0 Å². The van der Waals surface area contributed by atoms with Crippen LogP contribution < -0.4 is 14.8 Å². The molecule has 1 atom stereocenters. The lowest BCUT2D eigenvalue weighted by Crippen LogP contribution is -2.29. The quantitative estimate of drug-likeness (QED) is 0.564. The number of ether oxygens (including phenoxy) is 3. The van der Waals surface area contributed by atoms with E-state index in [4.69, 9.17) is 14.2 Å². The monoisotopic (exact) mass is 435 g/mol. The number of hydrogen-bond donors (Lipinski definition) is 1. The van der Waals surface area contributed by atoms with Gasteiger partial charge in [0.25, 0.3) is 0 Å². The molecule has 4 rings (SSSR count). The number of carbonyl (C=O) groups is 1. The van der Waals surface area contributed by atoms with Crippen LogP contribution in [0.2, 0.25) is 0 Å². The van der Waals surface area contributed by atoms with Crippen LogP contribution in [0.4, 0.5) is 5.95 Å². The minimum atomic E-state index is -0.570. The predicted octanol–water partition coefficient (Wildman–Crippen LogP) is 3.42. The number of nitrogens with one attached hydrogen (secondary N) is 1. The summed E-state index contributed by atoms with van der Waals surface area (Å²) in [7, 11) is 1.35. The lowest BCUT2D eigenvalue weighted by Gasteiger charge is -2.27. The standard InChI is InChI=1S/C23H25N5O4/c1-5-31-19-12-17(10-11-18(19)32-13-16-8-6-14(2)7-9-16)21-20(22(29)30-4)15(3)24-23-25-26-27-28(21)23/h6-12,21H,5,13H2,1-4H3,(H,24,25,27). The molecular weight excluding hydrogens is 410 g/mol. The molecule has 2 aromatic carbocycles. The Morgan fingerprint density at radius 3 is 2.59 bits per heavy atom. The minimum absolute atomic E-state index is 0.413. The molecule has 1 N–H and O–H groups in total. The molecule has 0 amide bonds. The normalized spacial score (nSPS) is 15.1. The number of tetrazole rings is 1. The summed E-state index contributed by atoms with van der Waals surface area (Å²) in [5, 5.41) is 14.9. The third-order valence-electron chi connectivity index (χ3n) is 5.22. The van der Waals surface area contributed by atoms with E-state index in [0.29, 0.717) is 41.9 Å². The van der Waals surface area contributed by atoms with Crippen molar-refractivity contribution in [2.75, 3.05) is 19.0 Å². The van der Waals surface area contributed by atoms with Crippen LogP contribution in [0.5, 0.6) is 11.5 Å². The molecular formula is C23H25N5O4. The number of nitrogens with zero attached hydrogens (tertiary/aromatic N) is 4. The maximum atomic E-state index is 12.6. The first-order valence-electron chi connectivity index (χ1n) is 10.3. The zero-order chi connectivity index (χ0) is 22.7. The summed E-state index contributed by atoms with van der Waals surface area (Å²) in [5.41, 5.74) is 4.07. The van der Waals surface area contributed by atoms with Gasteiger partial charge in [-0.05, 0) is 54.5 Å². The first-order valence-corrected chi connectivity index (χ1v) is 10.3. The smallest absolute Gasteiger partial charge is 0.338 e. The Morgan fingerprint density at radius 1 is 1.09 bits per heavy atom.